The number of rotatable bonds is 6. The van der Waals surface area contributed by atoms with Crippen molar-refractivity contribution in [1.29, 1.82) is 0 Å². The highest BCUT2D eigenvalue weighted by molar-refractivity contribution is 7.17. The molecule has 4 rings (SSSR count). The van der Waals surface area contributed by atoms with Crippen molar-refractivity contribution in [2.75, 3.05) is 24.5 Å². The number of aromatic nitrogens is 3. The molecule has 1 aromatic carbocycles. The van der Waals surface area contributed by atoms with Gasteiger partial charge in [0.15, 0.2) is 0 Å². The number of aryl methyl sites for hydroxylation is 2. The molecule has 6 nitrogen and oxygen atoms in total. The summed E-state index contributed by atoms with van der Waals surface area (Å²) in [5, 5.41) is 14.4. The van der Waals surface area contributed by atoms with Crippen molar-refractivity contribution >= 4 is 34.0 Å². The second kappa shape index (κ2) is 9.18. The minimum absolute atomic E-state index is 0.0219. The summed E-state index contributed by atoms with van der Waals surface area (Å²) in [5.41, 5.74) is 3.46. The second-order valence-corrected chi connectivity index (χ2v) is 9.14. The fraction of sp³-hybridized carbons (Fsp3) is 0.409. The van der Waals surface area contributed by atoms with Crippen LogP contribution in [0.4, 0.5) is 5.13 Å². The lowest BCUT2D eigenvalue weighted by Crippen LogP contribution is -2.43. The lowest BCUT2D eigenvalue weighted by atomic mass is 9.97. The molecule has 3 aromatic rings. The Morgan fingerprint density at radius 1 is 1.13 bits per heavy atom. The quantitative estimate of drug-likeness (QED) is 0.620. The topological polar surface area (TPSA) is 63.1 Å². The third-order valence-corrected chi connectivity index (χ3v) is 6.78. The number of amides is 1. The SMILES string of the molecule is Cc1ccc(C)n1-c1nnc(N2CCC[C@H](C(=O)NCCc3ccc(Cl)cc3)C2)s1. The third kappa shape index (κ3) is 4.68. The van der Waals surface area contributed by atoms with E-state index in [1.165, 1.54) is 5.56 Å². The van der Waals surface area contributed by atoms with Gasteiger partial charge < -0.3 is 10.2 Å². The Labute approximate surface area is 185 Å². The zero-order chi connectivity index (χ0) is 21.1. The van der Waals surface area contributed by atoms with Gasteiger partial charge in [0, 0.05) is 36.0 Å². The first kappa shape index (κ1) is 20.9. The first-order valence-electron chi connectivity index (χ1n) is 10.3. The van der Waals surface area contributed by atoms with Gasteiger partial charge in [0.2, 0.25) is 16.2 Å². The van der Waals surface area contributed by atoms with E-state index in [0.717, 1.165) is 52.5 Å². The Balaban J connectivity index is 1.34. The van der Waals surface area contributed by atoms with E-state index in [1.54, 1.807) is 11.3 Å². The van der Waals surface area contributed by atoms with Gasteiger partial charge in [-0.3, -0.25) is 9.36 Å². The van der Waals surface area contributed by atoms with E-state index in [4.69, 9.17) is 11.6 Å². The van der Waals surface area contributed by atoms with Crippen LogP contribution in [-0.2, 0) is 11.2 Å². The van der Waals surface area contributed by atoms with Gasteiger partial charge in [-0.05, 0) is 62.9 Å². The molecule has 0 bridgehead atoms. The summed E-state index contributed by atoms with van der Waals surface area (Å²) >= 11 is 7.50. The number of carbonyl (C=O) groups excluding carboxylic acids is 1. The maximum atomic E-state index is 12.7. The first-order valence-corrected chi connectivity index (χ1v) is 11.5. The monoisotopic (exact) mass is 443 g/mol. The molecular weight excluding hydrogens is 418 g/mol. The molecule has 0 radical (unpaired) electrons. The van der Waals surface area contributed by atoms with Crippen molar-refractivity contribution in [3.05, 3.63) is 58.4 Å². The number of carbonyl (C=O) groups is 1. The number of piperidine rings is 1. The molecule has 30 heavy (non-hydrogen) atoms. The molecule has 1 saturated heterocycles. The first-order chi connectivity index (χ1) is 14.5. The zero-order valence-corrected chi connectivity index (χ0v) is 18.8. The van der Waals surface area contributed by atoms with E-state index in [0.29, 0.717) is 13.1 Å². The fourth-order valence-electron chi connectivity index (χ4n) is 3.89. The van der Waals surface area contributed by atoms with Gasteiger partial charge in [0.1, 0.15) is 0 Å². The molecule has 1 atom stereocenters. The number of nitrogens with zero attached hydrogens (tertiary/aromatic N) is 4. The van der Waals surface area contributed by atoms with Crippen LogP contribution in [0.3, 0.4) is 0 Å². The predicted molar refractivity (Wildman–Crippen MR) is 122 cm³/mol. The summed E-state index contributed by atoms with van der Waals surface area (Å²) in [6.45, 7) is 6.36. The molecule has 1 N–H and O–H groups in total. The van der Waals surface area contributed by atoms with Crippen molar-refractivity contribution in [2.24, 2.45) is 5.92 Å². The van der Waals surface area contributed by atoms with Crippen molar-refractivity contribution in [1.82, 2.24) is 20.1 Å². The van der Waals surface area contributed by atoms with E-state index in [9.17, 15) is 4.79 Å². The standard InChI is InChI=1S/C22H26ClN5OS/c1-15-5-6-16(2)28(15)22-26-25-21(30-22)27-13-3-4-18(14-27)20(29)24-12-11-17-7-9-19(23)10-8-17/h5-10,18H,3-4,11-14H2,1-2H3,(H,24,29)/t18-/m0/s1. The highest BCUT2D eigenvalue weighted by Gasteiger charge is 2.27. The van der Waals surface area contributed by atoms with Crippen LogP contribution < -0.4 is 10.2 Å². The van der Waals surface area contributed by atoms with Crippen molar-refractivity contribution in [3.8, 4) is 5.13 Å². The van der Waals surface area contributed by atoms with Crippen molar-refractivity contribution < 1.29 is 4.79 Å². The van der Waals surface area contributed by atoms with Crippen LogP contribution in [0.15, 0.2) is 36.4 Å². The maximum absolute atomic E-state index is 12.7. The molecule has 158 valence electrons. The Morgan fingerprint density at radius 3 is 2.57 bits per heavy atom. The molecule has 1 aliphatic heterocycles. The lowest BCUT2D eigenvalue weighted by molar-refractivity contribution is -0.125. The van der Waals surface area contributed by atoms with Crippen molar-refractivity contribution in [2.45, 2.75) is 33.1 Å². The fourth-order valence-corrected chi connectivity index (χ4v) is 5.01. The second-order valence-electron chi connectivity index (χ2n) is 7.77. The molecule has 8 heteroatoms. The Morgan fingerprint density at radius 2 is 1.83 bits per heavy atom. The van der Waals surface area contributed by atoms with Gasteiger partial charge in [-0.15, -0.1) is 10.2 Å². The third-order valence-electron chi connectivity index (χ3n) is 5.55. The molecule has 2 aromatic heterocycles. The minimum atomic E-state index is -0.0219. The Hall–Kier alpha value is -2.38. The van der Waals surface area contributed by atoms with Crippen LogP contribution in [0.25, 0.3) is 5.13 Å². The largest absolute Gasteiger partial charge is 0.355 e. The highest BCUT2D eigenvalue weighted by atomic mass is 35.5. The molecule has 0 spiro atoms. The summed E-state index contributed by atoms with van der Waals surface area (Å²) in [6, 6.07) is 11.9. The van der Waals surface area contributed by atoms with Crippen LogP contribution in [0.2, 0.25) is 5.02 Å². The van der Waals surface area contributed by atoms with Gasteiger partial charge in [0.05, 0.1) is 5.92 Å². The summed E-state index contributed by atoms with van der Waals surface area (Å²) in [4.78, 5) is 14.9. The number of hydrogen-bond acceptors (Lipinski definition) is 5. The van der Waals surface area contributed by atoms with Gasteiger partial charge in [0.25, 0.3) is 0 Å². The number of nitrogens with one attached hydrogen (secondary N) is 1. The molecule has 0 unspecified atom stereocenters. The average Bonchev–Trinajstić information content (AvgIpc) is 3.36. The van der Waals surface area contributed by atoms with E-state index < -0.39 is 0 Å². The van der Waals surface area contributed by atoms with Gasteiger partial charge >= 0.3 is 0 Å². The van der Waals surface area contributed by atoms with Crippen LogP contribution >= 0.6 is 22.9 Å². The lowest BCUT2D eigenvalue weighted by Gasteiger charge is -2.31. The van der Waals surface area contributed by atoms with Crippen LogP contribution in [0.1, 0.15) is 29.8 Å². The molecule has 0 saturated carbocycles. The zero-order valence-electron chi connectivity index (χ0n) is 17.3. The van der Waals surface area contributed by atoms with Crippen LogP contribution in [0.5, 0.6) is 0 Å². The van der Waals surface area contributed by atoms with Crippen molar-refractivity contribution in [3.63, 3.8) is 0 Å². The summed E-state index contributed by atoms with van der Waals surface area (Å²) in [7, 11) is 0. The number of anilines is 1. The smallest absolute Gasteiger partial charge is 0.224 e. The Kier molecular flexibility index (Phi) is 6.39. The molecule has 1 aliphatic rings. The number of hydrogen-bond donors (Lipinski definition) is 1. The maximum Gasteiger partial charge on any atom is 0.224 e. The highest BCUT2D eigenvalue weighted by Crippen LogP contribution is 2.29. The summed E-state index contributed by atoms with van der Waals surface area (Å²) in [5.74, 6) is 0.0990. The molecule has 1 fully saturated rings. The van der Waals surface area contributed by atoms with Gasteiger partial charge in [-0.2, -0.15) is 0 Å². The minimum Gasteiger partial charge on any atom is -0.355 e. The van der Waals surface area contributed by atoms with E-state index in [2.05, 4.69) is 51.0 Å². The molecular formula is C22H26ClN5OS. The van der Waals surface area contributed by atoms with E-state index in [-0.39, 0.29) is 11.8 Å². The van der Waals surface area contributed by atoms with Crippen LogP contribution in [0, 0.1) is 19.8 Å². The molecule has 0 aliphatic carbocycles. The summed E-state index contributed by atoms with van der Waals surface area (Å²) < 4.78 is 2.12. The van der Waals surface area contributed by atoms with E-state index in [1.807, 2.05) is 24.3 Å². The summed E-state index contributed by atoms with van der Waals surface area (Å²) in [6.07, 6.45) is 2.69. The average molecular weight is 444 g/mol. The predicted octanol–water partition coefficient (Wildman–Crippen LogP) is 4.17. The van der Waals surface area contributed by atoms with Gasteiger partial charge in [-0.25, -0.2) is 0 Å². The molecule has 3 heterocycles. The molecule has 1 amide bonds. The van der Waals surface area contributed by atoms with Gasteiger partial charge in [-0.1, -0.05) is 35.1 Å². The normalized spacial score (nSPS) is 16.6. The Bertz CT molecular complexity index is 993. The van der Waals surface area contributed by atoms with Crippen LogP contribution in [-0.4, -0.2) is 40.3 Å². The number of halogens is 1. The van der Waals surface area contributed by atoms with E-state index >= 15 is 0 Å². The number of benzene rings is 1.